The second-order valence-electron chi connectivity index (χ2n) is 7.30. The molecule has 0 aliphatic rings. The zero-order chi connectivity index (χ0) is 23.0. The molecule has 160 valence electrons. The van der Waals surface area contributed by atoms with Crippen LogP contribution >= 0.6 is 0 Å². The number of pyridine rings is 2. The van der Waals surface area contributed by atoms with Crippen LogP contribution in [0.5, 0.6) is 0 Å². The monoisotopic (exact) mass is 432 g/mol. The van der Waals surface area contributed by atoms with Crippen molar-refractivity contribution >= 4 is 22.8 Å². The summed E-state index contributed by atoms with van der Waals surface area (Å²) in [5.74, 6) is -1.37. The summed E-state index contributed by atoms with van der Waals surface area (Å²) in [6.07, 6.45) is 1.22. The Bertz CT molecular complexity index is 1440. The van der Waals surface area contributed by atoms with E-state index >= 15 is 0 Å². The Kier molecular flexibility index (Phi) is 5.28. The van der Waals surface area contributed by atoms with Gasteiger partial charge in [-0.25, -0.2) is 23.6 Å². The first kappa shape index (κ1) is 20.9. The van der Waals surface area contributed by atoms with E-state index < -0.39 is 23.2 Å². The Morgan fingerprint density at radius 1 is 1.16 bits per heavy atom. The number of nitrogen functional groups attached to an aromatic ring is 1. The van der Waals surface area contributed by atoms with Gasteiger partial charge in [-0.2, -0.15) is 0 Å². The quantitative estimate of drug-likeness (QED) is 0.458. The van der Waals surface area contributed by atoms with Crippen molar-refractivity contribution in [2.45, 2.75) is 19.9 Å². The van der Waals surface area contributed by atoms with E-state index in [1.807, 2.05) is 6.07 Å². The van der Waals surface area contributed by atoms with Crippen LogP contribution in [0.2, 0.25) is 0 Å². The lowest BCUT2D eigenvalue weighted by Crippen LogP contribution is -2.22. The van der Waals surface area contributed by atoms with Gasteiger partial charge in [-0.15, -0.1) is 0 Å². The molecule has 0 bridgehead atoms. The van der Waals surface area contributed by atoms with Crippen LogP contribution in [-0.2, 0) is 0 Å². The fourth-order valence-electron chi connectivity index (χ4n) is 3.72. The van der Waals surface area contributed by atoms with Gasteiger partial charge < -0.3 is 11.1 Å². The fourth-order valence-corrected chi connectivity index (χ4v) is 3.72. The third-order valence-electron chi connectivity index (χ3n) is 5.16. The van der Waals surface area contributed by atoms with Crippen LogP contribution in [0.1, 0.15) is 24.2 Å². The molecule has 0 amide bonds. The van der Waals surface area contributed by atoms with Gasteiger partial charge in [0, 0.05) is 23.3 Å². The van der Waals surface area contributed by atoms with Gasteiger partial charge in [-0.3, -0.25) is 9.20 Å². The highest BCUT2D eigenvalue weighted by Crippen LogP contribution is 2.33. The minimum Gasteiger partial charge on any atom is -0.392 e. The van der Waals surface area contributed by atoms with E-state index in [2.05, 4.69) is 20.1 Å². The van der Waals surface area contributed by atoms with E-state index in [4.69, 9.17) is 12.3 Å². The van der Waals surface area contributed by atoms with E-state index in [0.717, 1.165) is 18.2 Å². The van der Waals surface area contributed by atoms with Crippen molar-refractivity contribution in [2.75, 3.05) is 11.1 Å². The molecule has 0 unspecified atom stereocenters. The Labute approximate surface area is 182 Å². The van der Waals surface area contributed by atoms with Gasteiger partial charge in [-0.05, 0) is 55.3 Å². The van der Waals surface area contributed by atoms with Gasteiger partial charge in [0.2, 0.25) is 0 Å². The number of benzene rings is 1. The summed E-state index contributed by atoms with van der Waals surface area (Å²) in [5.41, 5.74) is 7.44. The highest BCUT2D eigenvalue weighted by atomic mass is 19.1. The number of aryl methyl sites for hydroxylation is 1. The minimum atomic E-state index is -0.792. The van der Waals surface area contributed by atoms with E-state index in [9.17, 15) is 13.6 Å². The van der Waals surface area contributed by atoms with Crippen LogP contribution in [0.3, 0.4) is 0 Å². The first-order valence-electron chi connectivity index (χ1n) is 9.66. The Morgan fingerprint density at radius 2 is 1.88 bits per heavy atom. The molecule has 0 spiro atoms. The smallest absolute Gasteiger partial charge is 0.268 e. The molecular formula is C23H18F2N6O. The van der Waals surface area contributed by atoms with Gasteiger partial charge in [0.25, 0.3) is 11.2 Å². The molecule has 0 saturated heterocycles. The summed E-state index contributed by atoms with van der Waals surface area (Å²) in [5, 5.41) is 3.08. The molecule has 3 aromatic heterocycles. The number of halogens is 2. The van der Waals surface area contributed by atoms with Gasteiger partial charge >= 0.3 is 0 Å². The van der Waals surface area contributed by atoms with Crippen molar-refractivity contribution in [3.63, 3.8) is 0 Å². The molecule has 0 saturated carbocycles. The highest BCUT2D eigenvalue weighted by Gasteiger charge is 2.21. The first-order valence-corrected chi connectivity index (χ1v) is 9.66. The molecule has 3 N–H and O–H groups in total. The third kappa shape index (κ3) is 3.63. The molecule has 32 heavy (non-hydrogen) atoms. The molecule has 7 nitrogen and oxygen atoms in total. The Morgan fingerprint density at radius 3 is 2.56 bits per heavy atom. The van der Waals surface area contributed by atoms with Crippen LogP contribution in [0.15, 0.2) is 53.6 Å². The molecule has 0 aliphatic heterocycles. The molecule has 0 aliphatic carbocycles. The zero-order valence-electron chi connectivity index (χ0n) is 17.2. The van der Waals surface area contributed by atoms with Crippen molar-refractivity contribution in [2.24, 2.45) is 0 Å². The summed E-state index contributed by atoms with van der Waals surface area (Å²) in [4.78, 5) is 24.8. The summed E-state index contributed by atoms with van der Waals surface area (Å²) in [6, 6.07) is 9.56. The number of rotatable bonds is 4. The number of nitrogens with two attached hydrogens (primary N) is 1. The maximum Gasteiger partial charge on any atom is 0.268 e. The molecule has 9 heteroatoms. The predicted octanol–water partition coefficient (Wildman–Crippen LogP) is 4.65. The predicted molar refractivity (Wildman–Crippen MR) is 119 cm³/mol. The minimum absolute atomic E-state index is 0.0198. The Balaban J connectivity index is 1.97. The van der Waals surface area contributed by atoms with Crippen molar-refractivity contribution in [1.82, 2.24) is 14.4 Å². The standard InChI is InChI=1S/C23H18F2N6O/c1-12-5-4-6-17-10-18(13(2)30-22-20(27-3)21(26)28-11-29-22)19(23(32)31(12)17)14-7-15(24)9-16(25)8-14/h4-11,13H,1-2H3,(H3,26,28,29,30)/t13-/m0/s1. The van der Waals surface area contributed by atoms with Crippen LogP contribution < -0.4 is 16.6 Å². The van der Waals surface area contributed by atoms with E-state index in [1.165, 1.54) is 10.7 Å². The van der Waals surface area contributed by atoms with Crippen molar-refractivity contribution in [3.05, 3.63) is 93.5 Å². The lowest BCUT2D eigenvalue weighted by molar-refractivity contribution is 0.584. The lowest BCUT2D eigenvalue weighted by atomic mass is 9.96. The molecule has 1 aromatic carbocycles. The van der Waals surface area contributed by atoms with Crippen molar-refractivity contribution < 1.29 is 8.78 Å². The number of aromatic nitrogens is 3. The maximum absolute atomic E-state index is 14.0. The number of hydrogen-bond donors (Lipinski definition) is 2. The summed E-state index contributed by atoms with van der Waals surface area (Å²) >= 11 is 0. The third-order valence-corrected chi connectivity index (χ3v) is 5.16. The largest absolute Gasteiger partial charge is 0.392 e. The Hall–Kier alpha value is -4.32. The van der Waals surface area contributed by atoms with E-state index in [-0.39, 0.29) is 28.5 Å². The lowest BCUT2D eigenvalue weighted by Gasteiger charge is -2.21. The van der Waals surface area contributed by atoms with Crippen LogP contribution in [0, 0.1) is 25.1 Å². The summed E-state index contributed by atoms with van der Waals surface area (Å²) < 4.78 is 29.6. The number of nitrogens with one attached hydrogen (secondary N) is 1. The van der Waals surface area contributed by atoms with Gasteiger partial charge in [0.05, 0.1) is 12.1 Å². The van der Waals surface area contributed by atoms with Gasteiger partial charge in [-0.1, -0.05) is 6.07 Å². The van der Waals surface area contributed by atoms with Crippen LogP contribution in [0.4, 0.5) is 26.1 Å². The van der Waals surface area contributed by atoms with E-state index in [0.29, 0.717) is 16.8 Å². The number of hydrogen-bond acceptors (Lipinski definition) is 5. The second kappa shape index (κ2) is 8.07. The number of nitrogens with zero attached hydrogens (tertiary/aromatic N) is 4. The topological polar surface area (TPSA) is 89.7 Å². The molecule has 4 rings (SSSR count). The molecule has 1 atom stereocenters. The SMILES string of the molecule is [C-]#[N+]c1c(N)ncnc1N[C@@H](C)c1cc2cccc(C)n2c(=O)c1-c1cc(F)cc(F)c1. The summed E-state index contributed by atoms with van der Waals surface area (Å²) in [6.45, 7) is 10.9. The highest BCUT2D eigenvalue weighted by molar-refractivity contribution is 5.77. The van der Waals surface area contributed by atoms with E-state index in [1.54, 1.807) is 32.0 Å². The van der Waals surface area contributed by atoms with Gasteiger partial charge in [0.1, 0.15) is 29.6 Å². The van der Waals surface area contributed by atoms with Crippen molar-refractivity contribution in [3.8, 4) is 11.1 Å². The normalized spacial score (nSPS) is 11.8. The maximum atomic E-state index is 14.0. The average molecular weight is 432 g/mol. The average Bonchev–Trinajstić information content (AvgIpc) is 2.73. The van der Waals surface area contributed by atoms with Crippen LogP contribution in [-0.4, -0.2) is 14.4 Å². The van der Waals surface area contributed by atoms with Crippen molar-refractivity contribution in [1.29, 1.82) is 0 Å². The summed E-state index contributed by atoms with van der Waals surface area (Å²) in [7, 11) is 0. The molecule has 3 heterocycles. The molecule has 0 fully saturated rings. The zero-order valence-corrected chi connectivity index (χ0v) is 17.2. The molecule has 4 aromatic rings. The second-order valence-corrected chi connectivity index (χ2v) is 7.30. The number of anilines is 2. The first-order chi connectivity index (χ1) is 15.3. The van der Waals surface area contributed by atoms with Gasteiger partial charge in [0.15, 0.2) is 0 Å². The molecular weight excluding hydrogens is 414 g/mol. The fraction of sp³-hybridized carbons (Fsp3) is 0.130. The number of fused-ring (bicyclic) bond motifs is 1. The molecule has 0 radical (unpaired) electrons. The van der Waals surface area contributed by atoms with Crippen LogP contribution in [0.25, 0.3) is 21.5 Å².